The molecule has 0 fully saturated rings. The third-order valence-corrected chi connectivity index (χ3v) is 4.05. The van der Waals surface area contributed by atoms with Crippen LogP contribution in [0.1, 0.15) is 33.1 Å². The van der Waals surface area contributed by atoms with Crippen molar-refractivity contribution >= 4 is 16.8 Å². The van der Waals surface area contributed by atoms with E-state index in [2.05, 4.69) is 18.8 Å². The van der Waals surface area contributed by atoms with Crippen LogP contribution in [0.15, 0.2) is 4.99 Å². The first-order chi connectivity index (χ1) is 6.23. The number of hydrogen-bond donors (Lipinski definition) is 1. The van der Waals surface area contributed by atoms with Crippen LogP contribution in [-0.2, 0) is 0 Å². The van der Waals surface area contributed by atoms with E-state index < -0.39 is 0 Å². The van der Waals surface area contributed by atoms with Crippen molar-refractivity contribution in [1.82, 2.24) is 0 Å². The van der Waals surface area contributed by atoms with Gasteiger partial charge in [-0.2, -0.15) is 0 Å². The van der Waals surface area contributed by atoms with Gasteiger partial charge in [-0.15, -0.1) is 11.8 Å². The van der Waals surface area contributed by atoms with Gasteiger partial charge in [0.05, 0.1) is 5.04 Å². The highest BCUT2D eigenvalue weighted by atomic mass is 32.2. The Balaban J connectivity index is 2.56. The van der Waals surface area contributed by atoms with Gasteiger partial charge in [0.1, 0.15) is 0 Å². The Labute approximate surface area is 84.8 Å². The SMILES string of the molecule is CCC(C)(CCCO)C1=NCCS1. The zero-order valence-electron chi connectivity index (χ0n) is 8.55. The van der Waals surface area contributed by atoms with E-state index in [1.54, 1.807) is 0 Å². The molecule has 0 aliphatic carbocycles. The van der Waals surface area contributed by atoms with Gasteiger partial charge in [0, 0.05) is 24.3 Å². The van der Waals surface area contributed by atoms with Crippen LogP contribution in [0, 0.1) is 5.41 Å². The van der Waals surface area contributed by atoms with Gasteiger partial charge in [0.2, 0.25) is 0 Å². The van der Waals surface area contributed by atoms with Crippen molar-refractivity contribution in [3.05, 3.63) is 0 Å². The summed E-state index contributed by atoms with van der Waals surface area (Å²) in [7, 11) is 0. The molecule has 0 spiro atoms. The first-order valence-electron chi connectivity index (χ1n) is 5.01. The third-order valence-electron chi connectivity index (χ3n) is 2.77. The van der Waals surface area contributed by atoms with Gasteiger partial charge in [-0.1, -0.05) is 13.8 Å². The molecule has 3 heteroatoms. The average molecular weight is 201 g/mol. The molecule has 13 heavy (non-hydrogen) atoms. The smallest absolute Gasteiger partial charge is 0.0735 e. The Morgan fingerprint density at radius 1 is 1.62 bits per heavy atom. The summed E-state index contributed by atoms with van der Waals surface area (Å²) in [5.74, 6) is 1.14. The number of rotatable bonds is 5. The molecule has 0 radical (unpaired) electrons. The van der Waals surface area contributed by atoms with Crippen LogP contribution in [0.25, 0.3) is 0 Å². The Morgan fingerprint density at radius 3 is 2.85 bits per heavy atom. The fourth-order valence-corrected chi connectivity index (χ4v) is 2.76. The molecule has 0 bridgehead atoms. The summed E-state index contributed by atoms with van der Waals surface area (Å²) in [4.78, 5) is 4.53. The van der Waals surface area contributed by atoms with Crippen molar-refractivity contribution in [3.8, 4) is 0 Å². The maximum Gasteiger partial charge on any atom is 0.0735 e. The molecular weight excluding hydrogens is 182 g/mol. The molecule has 2 nitrogen and oxygen atoms in total. The maximum absolute atomic E-state index is 8.82. The molecule has 0 saturated carbocycles. The fourth-order valence-electron chi connectivity index (χ4n) is 1.60. The number of thioether (sulfide) groups is 1. The molecule has 0 aromatic rings. The summed E-state index contributed by atoms with van der Waals surface area (Å²) < 4.78 is 0. The standard InChI is InChI=1S/C10H19NOS/c1-3-10(2,5-4-7-12)9-11-6-8-13-9/h12H,3-8H2,1-2H3. The molecule has 76 valence electrons. The highest BCUT2D eigenvalue weighted by Crippen LogP contribution is 2.36. The van der Waals surface area contributed by atoms with E-state index in [0.29, 0.717) is 6.61 Å². The Hall–Kier alpha value is -0.0200. The Kier molecular flexibility index (Phi) is 4.26. The minimum Gasteiger partial charge on any atom is -0.396 e. The lowest BCUT2D eigenvalue weighted by atomic mass is 9.84. The molecule has 0 amide bonds. The zero-order chi connectivity index (χ0) is 9.73. The predicted octanol–water partition coefficient (Wildman–Crippen LogP) is 2.32. The highest BCUT2D eigenvalue weighted by molar-refractivity contribution is 8.14. The fraction of sp³-hybridized carbons (Fsp3) is 0.900. The lowest BCUT2D eigenvalue weighted by Crippen LogP contribution is -2.24. The molecule has 1 rings (SSSR count). The predicted molar refractivity (Wildman–Crippen MR) is 59.5 cm³/mol. The van der Waals surface area contributed by atoms with Crippen LogP contribution >= 0.6 is 11.8 Å². The van der Waals surface area contributed by atoms with E-state index >= 15 is 0 Å². The number of nitrogens with zero attached hydrogens (tertiary/aromatic N) is 1. The largest absolute Gasteiger partial charge is 0.396 e. The second-order valence-electron chi connectivity index (χ2n) is 3.78. The summed E-state index contributed by atoms with van der Waals surface area (Å²) in [6.07, 6.45) is 3.08. The van der Waals surface area contributed by atoms with E-state index in [0.717, 1.165) is 31.6 Å². The van der Waals surface area contributed by atoms with Crippen molar-refractivity contribution in [3.63, 3.8) is 0 Å². The van der Waals surface area contributed by atoms with Crippen LogP contribution in [-0.4, -0.2) is 29.1 Å². The number of aliphatic hydroxyl groups is 1. The topological polar surface area (TPSA) is 32.6 Å². The van der Waals surface area contributed by atoms with Crippen molar-refractivity contribution in [2.24, 2.45) is 10.4 Å². The highest BCUT2D eigenvalue weighted by Gasteiger charge is 2.30. The summed E-state index contributed by atoms with van der Waals surface area (Å²) in [5, 5.41) is 10.1. The van der Waals surface area contributed by atoms with Crippen molar-refractivity contribution < 1.29 is 5.11 Å². The van der Waals surface area contributed by atoms with Crippen LogP contribution in [0.4, 0.5) is 0 Å². The molecule has 1 heterocycles. The second-order valence-corrected chi connectivity index (χ2v) is 4.86. The van der Waals surface area contributed by atoms with Crippen LogP contribution in [0.5, 0.6) is 0 Å². The summed E-state index contributed by atoms with van der Waals surface area (Å²) in [5.41, 5.74) is 0.226. The first-order valence-corrected chi connectivity index (χ1v) is 6.00. The Morgan fingerprint density at radius 2 is 2.38 bits per heavy atom. The number of aliphatic imine (C=N–C) groups is 1. The van der Waals surface area contributed by atoms with E-state index in [4.69, 9.17) is 5.11 Å². The normalized spacial score (nSPS) is 21.3. The van der Waals surface area contributed by atoms with Gasteiger partial charge < -0.3 is 5.11 Å². The van der Waals surface area contributed by atoms with Crippen LogP contribution in [0.3, 0.4) is 0 Å². The molecule has 1 N–H and O–H groups in total. The molecule has 0 aromatic heterocycles. The number of aliphatic hydroxyl groups excluding tert-OH is 1. The minimum absolute atomic E-state index is 0.226. The van der Waals surface area contributed by atoms with Crippen molar-refractivity contribution in [2.75, 3.05) is 18.9 Å². The summed E-state index contributed by atoms with van der Waals surface area (Å²) in [6.45, 7) is 5.75. The van der Waals surface area contributed by atoms with Crippen molar-refractivity contribution in [2.45, 2.75) is 33.1 Å². The van der Waals surface area contributed by atoms with Gasteiger partial charge >= 0.3 is 0 Å². The molecule has 0 aromatic carbocycles. The molecule has 1 unspecified atom stereocenters. The second kappa shape index (κ2) is 5.01. The van der Waals surface area contributed by atoms with E-state index in [9.17, 15) is 0 Å². The van der Waals surface area contributed by atoms with E-state index in [-0.39, 0.29) is 5.41 Å². The summed E-state index contributed by atoms with van der Waals surface area (Å²) in [6, 6.07) is 0. The van der Waals surface area contributed by atoms with Gasteiger partial charge in [0.25, 0.3) is 0 Å². The molecule has 0 saturated heterocycles. The minimum atomic E-state index is 0.226. The van der Waals surface area contributed by atoms with Crippen LogP contribution < -0.4 is 0 Å². The third kappa shape index (κ3) is 2.71. The molecule has 1 aliphatic rings. The monoisotopic (exact) mass is 201 g/mol. The Bertz CT molecular complexity index is 193. The molecule has 1 aliphatic heterocycles. The molecular formula is C10H19NOS. The van der Waals surface area contributed by atoms with Crippen molar-refractivity contribution in [1.29, 1.82) is 0 Å². The van der Waals surface area contributed by atoms with Gasteiger partial charge in [-0.05, 0) is 19.3 Å². The van der Waals surface area contributed by atoms with Crippen LogP contribution in [0.2, 0.25) is 0 Å². The maximum atomic E-state index is 8.82. The van der Waals surface area contributed by atoms with Gasteiger partial charge in [-0.25, -0.2) is 0 Å². The van der Waals surface area contributed by atoms with Gasteiger partial charge in [0.15, 0.2) is 0 Å². The molecule has 1 atom stereocenters. The summed E-state index contributed by atoms with van der Waals surface area (Å²) >= 11 is 1.89. The first kappa shape index (κ1) is 11.1. The quantitative estimate of drug-likeness (QED) is 0.740. The van der Waals surface area contributed by atoms with E-state index in [1.165, 1.54) is 5.04 Å². The lowest BCUT2D eigenvalue weighted by molar-refractivity contribution is 0.261. The zero-order valence-corrected chi connectivity index (χ0v) is 9.36. The lowest BCUT2D eigenvalue weighted by Gasteiger charge is -2.27. The number of hydrogen-bond acceptors (Lipinski definition) is 3. The van der Waals surface area contributed by atoms with E-state index in [1.807, 2.05) is 11.8 Å². The van der Waals surface area contributed by atoms with Gasteiger partial charge in [-0.3, -0.25) is 4.99 Å². The average Bonchev–Trinajstić information content (AvgIpc) is 2.67.